The van der Waals surface area contributed by atoms with Crippen molar-refractivity contribution in [2.45, 2.75) is 33.1 Å². The van der Waals surface area contributed by atoms with Crippen molar-refractivity contribution >= 4 is 17.3 Å². The van der Waals surface area contributed by atoms with Gasteiger partial charge < -0.3 is 11.1 Å². The molecule has 0 unspecified atom stereocenters. The van der Waals surface area contributed by atoms with E-state index in [0.29, 0.717) is 12.2 Å². The van der Waals surface area contributed by atoms with Crippen LogP contribution in [0.4, 0.5) is 11.4 Å². The number of benzene rings is 1. The Morgan fingerprint density at radius 3 is 2.79 bits per heavy atom. The van der Waals surface area contributed by atoms with Gasteiger partial charge in [-0.2, -0.15) is 0 Å². The quantitative estimate of drug-likeness (QED) is 0.587. The predicted molar refractivity (Wildman–Crippen MR) is 81.2 cm³/mol. The van der Waals surface area contributed by atoms with Gasteiger partial charge in [0.1, 0.15) is 0 Å². The SMILES string of the molecule is CCCCCN(C)CC(=O)Nc1cccc(N)c1C. The molecule has 106 valence electrons. The van der Waals surface area contributed by atoms with Gasteiger partial charge in [-0.1, -0.05) is 25.8 Å². The van der Waals surface area contributed by atoms with Crippen LogP contribution in [0, 0.1) is 6.92 Å². The van der Waals surface area contributed by atoms with Crippen LogP contribution < -0.4 is 11.1 Å². The van der Waals surface area contributed by atoms with Gasteiger partial charge in [0.05, 0.1) is 6.54 Å². The monoisotopic (exact) mass is 263 g/mol. The van der Waals surface area contributed by atoms with E-state index in [9.17, 15) is 4.79 Å². The van der Waals surface area contributed by atoms with Crippen molar-refractivity contribution in [1.82, 2.24) is 4.90 Å². The molecule has 0 fully saturated rings. The fourth-order valence-corrected chi connectivity index (χ4v) is 1.93. The summed E-state index contributed by atoms with van der Waals surface area (Å²) in [5, 5.41) is 2.91. The van der Waals surface area contributed by atoms with Gasteiger partial charge in [0.25, 0.3) is 0 Å². The summed E-state index contributed by atoms with van der Waals surface area (Å²) >= 11 is 0. The second-order valence-electron chi connectivity index (χ2n) is 5.01. The fourth-order valence-electron chi connectivity index (χ4n) is 1.93. The smallest absolute Gasteiger partial charge is 0.238 e. The van der Waals surface area contributed by atoms with Crippen molar-refractivity contribution < 1.29 is 4.79 Å². The maximum absolute atomic E-state index is 11.9. The first kappa shape index (κ1) is 15.5. The summed E-state index contributed by atoms with van der Waals surface area (Å²) in [7, 11) is 1.97. The lowest BCUT2D eigenvalue weighted by Gasteiger charge is -2.17. The van der Waals surface area contributed by atoms with Crippen molar-refractivity contribution in [2.75, 3.05) is 31.2 Å². The first-order valence-corrected chi connectivity index (χ1v) is 6.88. The molecule has 0 aliphatic heterocycles. The van der Waals surface area contributed by atoms with Gasteiger partial charge in [-0.3, -0.25) is 9.69 Å². The first-order valence-electron chi connectivity index (χ1n) is 6.88. The topological polar surface area (TPSA) is 58.4 Å². The number of nitrogens with two attached hydrogens (primary N) is 1. The number of likely N-dealkylation sites (N-methyl/N-ethyl adjacent to an activating group) is 1. The van der Waals surface area contributed by atoms with Crippen LogP contribution in [0.5, 0.6) is 0 Å². The highest BCUT2D eigenvalue weighted by molar-refractivity contribution is 5.93. The van der Waals surface area contributed by atoms with Crippen LogP contribution in [-0.4, -0.2) is 30.9 Å². The molecule has 0 heterocycles. The number of unbranched alkanes of at least 4 members (excludes halogenated alkanes) is 2. The molecule has 0 aromatic heterocycles. The molecule has 0 spiro atoms. The number of hydrogen-bond acceptors (Lipinski definition) is 3. The number of nitrogens with one attached hydrogen (secondary N) is 1. The van der Waals surface area contributed by atoms with Gasteiger partial charge in [0.15, 0.2) is 0 Å². The minimum Gasteiger partial charge on any atom is -0.398 e. The molecule has 0 atom stereocenters. The van der Waals surface area contributed by atoms with E-state index in [4.69, 9.17) is 5.73 Å². The molecule has 19 heavy (non-hydrogen) atoms. The third-order valence-electron chi connectivity index (χ3n) is 3.21. The van der Waals surface area contributed by atoms with E-state index in [1.807, 2.05) is 37.1 Å². The van der Waals surface area contributed by atoms with Crippen LogP contribution >= 0.6 is 0 Å². The summed E-state index contributed by atoms with van der Waals surface area (Å²) in [5.74, 6) is 0.00713. The van der Waals surface area contributed by atoms with Gasteiger partial charge in [-0.25, -0.2) is 0 Å². The Labute approximate surface area is 116 Å². The zero-order valence-corrected chi connectivity index (χ0v) is 12.2. The highest BCUT2D eigenvalue weighted by atomic mass is 16.2. The van der Waals surface area contributed by atoms with E-state index in [1.165, 1.54) is 12.8 Å². The van der Waals surface area contributed by atoms with E-state index in [-0.39, 0.29) is 5.91 Å². The Bertz CT molecular complexity index is 418. The van der Waals surface area contributed by atoms with Gasteiger partial charge >= 0.3 is 0 Å². The van der Waals surface area contributed by atoms with Gasteiger partial charge in [0, 0.05) is 11.4 Å². The fraction of sp³-hybridized carbons (Fsp3) is 0.533. The third-order valence-corrected chi connectivity index (χ3v) is 3.21. The summed E-state index contributed by atoms with van der Waals surface area (Å²) < 4.78 is 0. The normalized spacial score (nSPS) is 10.7. The van der Waals surface area contributed by atoms with Crippen molar-refractivity contribution in [3.63, 3.8) is 0 Å². The molecule has 0 bridgehead atoms. The number of nitrogen functional groups attached to an aromatic ring is 1. The third kappa shape index (κ3) is 5.30. The maximum Gasteiger partial charge on any atom is 0.238 e. The van der Waals surface area contributed by atoms with E-state index in [0.717, 1.165) is 24.2 Å². The van der Waals surface area contributed by atoms with Gasteiger partial charge in [-0.05, 0) is 44.6 Å². The van der Waals surface area contributed by atoms with Crippen LogP contribution in [-0.2, 0) is 4.79 Å². The number of amides is 1. The van der Waals surface area contributed by atoms with Crippen molar-refractivity contribution in [3.8, 4) is 0 Å². The average Bonchev–Trinajstić information content (AvgIpc) is 2.35. The molecule has 1 amide bonds. The summed E-state index contributed by atoms with van der Waals surface area (Å²) in [4.78, 5) is 14.0. The maximum atomic E-state index is 11.9. The summed E-state index contributed by atoms with van der Waals surface area (Å²) in [6.07, 6.45) is 3.54. The Morgan fingerprint density at radius 1 is 1.37 bits per heavy atom. The zero-order valence-electron chi connectivity index (χ0n) is 12.2. The van der Waals surface area contributed by atoms with Crippen LogP contribution in [0.3, 0.4) is 0 Å². The Hall–Kier alpha value is -1.55. The number of carbonyl (C=O) groups is 1. The molecule has 4 heteroatoms. The standard InChI is InChI=1S/C15H25N3O/c1-4-5-6-10-18(3)11-15(19)17-14-9-7-8-13(16)12(14)2/h7-9H,4-6,10-11,16H2,1-3H3,(H,17,19). The van der Waals surface area contributed by atoms with E-state index in [2.05, 4.69) is 12.2 Å². The Kier molecular flexibility index (Phi) is 6.36. The summed E-state index contributed by atoms with van der Waals surface area (Å²) in [5.41, 5.74) is 8.24. The Balaban J connectivity index is 2.44. The van der Waals surface area contributed by atoms with E-state index < -0.39 is 0 Å². The van der Waals surface area contributed by atoms with Crippen molar-refractivity contribution in [3.05, 3.63) is 23.8 Å². The molecule has 0 radical (unpaired) electrons. The first-order chi connectivity index (χ1) is 9.04. The number of rotatable bonds is 7. The molecule has 3 N–H and O–H groups in total. The highest BCUT2D eigenvalue weighted by Crippen LogP contribution is 2.20. The lowest BCUT2D eigenvalue weighted by molar-refractivity contribution is -0.117. The van der Waals surface area contributed by atoms with Gasteiger partial charge in [0.2, 0.25) is 5.91 Å². The molecule has 1 aromatic carbocycles. The van der Waals surface area contributed by atoms with Crippen LogP contribution in [0.15, 0.2) is 18.2 Å². The molecule has 4 nitrogen and oxygen atoms in total. The number of anilines is 2. The number of hydrogen-bond donors (Lipinski definition) is 2. The lowest BCUT2D eigenvalue weighted by atomic mass is 10.1. The lowest BCUT2D eigenvalue weighted by Crippen LogP contribution is -2.31. The van der Waals surface area contributed by atoms with Crippen LogP contribution in [0.2, 0.25) is 0 Å². The minimum absolute atomic E-state index is 0.00713. The highest BCUT2D eigenvalue weighted by Gasteiger charge is 2.08. The number of carbonyl (C=O) groups excluding carboxylic acids is 1. The zero-order chi connectivity index (χ0) is 14.3. The molecule has 1 rings (SSSR count). The Morgan fingerprint density at radius 2 is 2.11 bits per heavy atom. The van der Waals surface area contributed by atoms with E-state index in [1.54, 1.807) is 0 Å². The summed E-state index contributed by atoms with van der Waals surface area (Å²) in [6, 6.07) is 5.56. The molecular weight excluding hydrogens is 238 g/mol. The van der Waals surface area contributed by atoms with Gasteiger partial charge in [-0.15, -0.1) is 0 Å². The molecule has 0 aliphatic rings. The predicted octanol–water partition coefficient (Wildman–Crippen LogP) is 2.64. The van der Waals surface area contributed by atoms with E-state index >= 15 is 0 Å². The summed E-state index contributed by atoms with van der Waals surface area (Å²) in [6.45, 7) is 5.46. The van der Waals surface area contributed by atoms with Crippen LogP contribution in [0.1, 0.15) is 31.7 Å². The molecule has 0 saturated heterocycles. The number of nitrogens with zero attached hydrogens (tertiary/aromatic N) is 1. The largest absolute Gasteiger partial charge is 0.398 e. The molecule has 0 aliphatic carbocycles. The van der Waals surface area contributed by atoms with Crippen LogP contribution in [0.25, 0.3) is 0 Å². The minimum atomic E-state index is 0.00713. The second kappa shape index (κ2) is 7.79. The second-order valence-corrected chi connectivity index (χ2v) is 5.01. The molecule has 0 saturated carbocycles. The van der Waals surface area contributed by atoms with Crippen molar-refractivity contribution in [1.29, 1.82) is 0 Å². The molecule has 1 aromatic rings. The van der Waals surface area contributed by atoms with Crippen molar-refractivity contribution in [2.24, 2.45) is 0 Å². The molecular formula is C15H25N3O. The average molecular weight is 263 g/mol.